The molecular formula is C22H20. The molecule has 0 heterocycles. The van der Waals surface area contributed by atoms with Crippen molar-refractivity contribution >= 4 is 0 Å². The topological polar surface area (TPSA) is 0 Å². The van der Waals surface area contributed by atoms with Gasteiger partial charge in [0.1, 0.15) is 0 Å². The first-order valence-electron chi connectivity index (χ1n) is 8.74. The lowest BCUT2D eigenvalue weighted by Gasteiger charge is -2.28. The summed E-state index contributed by atoms with van der Waals surface area (Å²) in [5.74, 6) is 3.59. The number of allylic oxidation sites excluding steroid dienone is 2. The van der Waals surface area contributed by atoms with Crippen molar-refractivity contribution in [1.82, 2.24) is 0 Å². The SMILES string of the molecule is C1=CC2CC1C1CC3(CC21)c1ccccc1-c1ccccc13. The smallest absolute Gasteiger partial charge is 0.0221 e. The van der Waals surface area contributed by atoms with Crippen molar-refractivity contribution in [3.05, 3.63) is 71.8 Å². The molecule has 0 heteroatoms. The van der Waals surface area contributed by atoms with Crippen LogP contribution in [-0.4, -0.2) is 0 Å². The van der Waals surface area contributed by atoms with Crippen LogP contribution in [0.4, 0.5) is 0 Å². The van der Waals surface area contributed by atoms with Crippen LogP contribution >= 0.6 is 0 Å². The van der Waals surface area contributed by atoms with Crippen LogP contribution in [-0.2, 0) is 5.41 Å². The van der Waals surface area contributed by atoms with E-state index in [2.05, 4.69) is 60.7 Å². The highest BCUT2D eigenvalue weighted by Crippen LogP contribution is 2.66. The minimum Gasteiger partial charge on any atom is -0.0848 e. The standard InChI is InChI=1S/C22H20/c1-3-7-20-16(5-1)17-6-2-4-8-21(17)22(20)12-18-14-9-10-15(11-14)19(18)13-22/h1-10,14-15,18-19H,11-13H2. The predicted octanol–water partition coefficient (Wildman–Crippen LogP) is 5.19. The summed E-state index contributed by atoms with van der Waals surface area (Å²) < 4.78 is 0. The summed E-state index contributed by atoms with van der Waals surface area (Å²) in [5, 5.41) is 0. The lowest BCUT2D eigenvalue weighted by molar-refractivity contribution is 0.364. The van der Waals surface area contributed by atoms with E-state index in [0.717, 1.165) is 23.7 Å². The lowest BCUT2D eigenvalue weighted by atomic mass is 9.74. The van der Waals surface area contributed by atoms with Gasteiger partial charge in [-0.25, -0.2) is 0 Å². The average Bonchev–Trinajstić information content (AvgIpc) is 3.30. The van der Waals surface area contributed by atoms with Crippen LogP contribution in [0.1, 0.15) is 30.4 Å². The van der Waals surface area contributed by atoms with Gasteiger partial charge >= 0.3 is 0 Å². The third kappa shape index (κ3) is 1.19. The van der Waals surface area contributed by atoms with Gasteiger partial charge in [0.2, 0.25) is 0 Å². The van der Waals surface area contributed by atoms with E-state index in [1.165, 1.54) is 30.4 Å². The number of hydrogen-bond donors (Lipinski definition) is 0. The van der Waals surface area contributed by atoms with Crippen LogP contribution in [0.2, 0.25) is 0 Å². The van der Waals surface area contributed by atoms with E-state index in [4.69, 9.17) is 0 Å². The first-order valence-corrected chi connectivity index (χ1v) is 8.74. The Bertz CT molecular complexity index is 745. The fourth-order valence-electron chi connectivity index (χ4n) is 6.38. The number of hydrogen-bond acceptors (Lipinski definition) is 0. The number of rotatable bonds is 0. The Labute approximate surface area is 131 Å². The predicted molar refractivity (Wildman–Crippen MR) is 89.6 cm³/mol. The molecule has 0 aliphatic heterocycles. The molecule has 1 spiro atoms. The fourth-order valence-corrected chi connectivity index (χ4v) is 6.38. The molecule has 4 atom stereocenters. The second kappa shape index (κ2) is 3.74. The van der Waals surface area contributed by atoms with E-state index in [0.29, 0.717) is 5.41 Å². The molecule has 2 saturated carbocycles. The summed E-state index contributed by atoms with van der Waals surface area (Å²) >= 11 is 0. The molecule has 0 N–H and O–H groups in total. The molecule has 2 aromatic rings. The van der Waals surface area contributed by atoms with Gasteiger partial charge < -0.3 is 0 Å². The summed E-state index contributed by atoms with van der Waals surface area (Å²) in [4.78, 5) is 0. The van der Waals surface area contributed by atoms with Crippen molar-refractivity contribution in [2.24, 2.45) is 23.7 Å². The summed E-state index contributed by atoms with van der Waals surface area (Å²) in [6, 6.07) is 18.4. The van der Waals surface area contributed by atoms with Crippen LogP contribution in [0.15, 0.2) is 60.7 Å². The summed E-state index contributed by atoms with van der Waals surface area (Å²) in [6.45, 7) is 0. The molecule has 2 bridgehead atoms. The van der Waals surface area contributed by atoms with Crippen molar-refractivity contribution in [2.45, 2.75) is 24.7 Å². The minimum absolute atomic E-state index is 0.311. The van der Waals surface area contributed by atoms with E-state index in [9.17, 15) is 0 Å². The van der Waals surface area contributed by atoms with Gasteiger partial charge in [0.05, 0.1) is 0 Å². The largest absolute Gasteiger partial charge is 0.0848 e. The second-order valence-corrected chi connectivity index (χ2v) is 7.86. The van der Waals surface area contributed by atoms with Gasteiger partial charge in [-0.3, -0.25) is 0 Å². The highest BCUT2D eigenvalue weighted by atomic mass is 14.6. The fraction of sp³-hybridized carbons (Fsp3) is 0.364. The zero-order valence-electron chi connectivity index (χ0n) is 12.7. The van der Waals surface area contributed by atoms with Gasteiger partial charge in [0.25, 0.3) is 0 Å². The molecule has 4 aliphatic carbocycles. The van der Waals surface area contributed by atoms with Crippen LogP contribution in [0, 0.1) is 23.7 Å². The van der Waals surface area contributed by atoms with E-state index in [1.54, 1.807) is 11.1 Å². The normalized spacial score (nSPS) is 34.9. The van der Waals surface area contributed by atoms with Gasteiger partial charge in [-0.05, 0) is 65.2 Å². The Hall–Kier alpha value is -1.82. The van der Waals surface area contributed by atoms with Crippen LogP contribution in [0.25, 0.3) is 11.1 Å². The van der Waals surface area contributed by atoms with Crippen LogP contribution < -0.4 is 0 Å². The zero-order valence-corrected chi connectivity index (χ0v) is 12.7. The Kier molecular flexibility index (Phi) is 1.99. The summed E-state index contributed by atoms with van der Waals surface area (Å²) in [7, 11) is 0. The summed E-state index contributed by atoms with van der Waals surface area (Å²) in [5.41, 5.74) is 6.54. The zero-order chi connectivity index (χ0) is 14.3. The molecule has 4 aliphatic rings. The van der Waals surface area contributed by atoms with Crippen molar-refractivity contribution in [1.29, 1.82) is 0 Å². The molecule has 2 fully saturated rings. The first kappa shape index (κ1) is 11.7. The summed E-state index contributed by atoms with van der Waals surface area (Å²) in [6.07, 6.45) is 9.23. The molecular weight excluding hydrogens is 264 g/mol. The number of benzene rings is 2. The van der Waals surface area contributed by atoms with Crippen molar-refractivity contribution in [2.75, 3.05) is 0 Å². The first-order chi connectivity index (χ1) is 10.9. The Morgan fingerprint density at radius 2 is 1.18 bits per heavy atom. The van der Waals surface area contributed by atoms with Crippen molar-refractivity contribution in [3.8, 4) is 11.1 Å². The maximum absolute atomic E-state index is 2.53. The molecule has 0 amide bonds. The molecule has 22 heavy (non-hydrogen) atoms. The maximum atomic E-state index is 2.53. The van der Waals surface area contributed by atoms with Gasteiger partial charge in [-0.15, -0.1) is 0 Å². The Balaban J connectivity index is 1.59. The van der Waals surface area contributed by atoms with Crippen molar-refractivity contribution < 1.29 is 0 Å². The maximum Gasteiger partial charge on any atom is 0.0221 e. The van der Waals surface area contributed by atoms with Gasteiger partial charge in [0, 0.05) is 5.41 Å². The van der Waals surface area contributed by atoms with Crippen LogP contribution in [0.5, 0.6) is 0 Å². The highest BCUT2D eigenvalue weighted by molar-refractivity contribution is 5.81. The molecule has 0 nitrogen and oxygen atoms in total. The number of fused-ring (bicyclic) bond motifs is 10. The minimum atomic E-state index is 0.311. The Morgan fingerprint density at radius 1 is 0.682 bits per heavy atom. The monoisotopic (exact) mass is 284 g/mol. The molecule has 4 unspecified atom stereocenters. The Morgan fingerprint density at radius 3 is 1.73 bits per heavy atom. The highest BCUT2D eigenvalue weighted by Gasteiger charge is 2.58. The third-order valence-electron chi connectivity index (χ3n) is 7.14. The van der Waals surface area contributed by atoms with E-state index in [1.807, 2.05) is 0 Å². The van der Waals surface area contributed by atoms with Crippen molar-refractivity contribution in [3.63, 3.8) is 0 Å². The quantitative estimate of drug-likeness (QED) is 0.584. The molecule has 0 radical (unpaired) electrons. The van der Waals surface area contributed by atoms with E-state index >= 15 is 0 Å². The van der Waals surface area contributed by atoms with Crippen LogP contribution in [0.3, 0.4) is 0 Å². The van der Waals surface area contributed by atoms with Gasteiger partial charge in [-0.1, -0.05) is 60.7 Å². The molecule has 108 valence electrons. The molecule has 0 aromatic heterocycles. The second-order valence-electron chi connectivity index (χ2n) is 7.86. The van der Waals surface area contributed by atoms with E-state index in [-0.39, 0.29) is 0 Å². The van der Waals surface area contributed by atoms with Gasteiger partial charge in [-0.2, -0.15) is 0 Å². The molecule has 6 rings (SSSR count). The van der Waals surface area contributed by atoms with Gasteiger partial charge in [0.15, 0.2) is 0 Å². The molecule has 2 aromatic carbocycles. The lowest BCUT2D eigenvalue weighted by Crippen LogP contribution is -2.23. The third-order valence-corrected chi connectivity index (χ3v) is 7.14. The van der Waals surface area contributed by atoms with E-state index < -0.39 is 0 Å². The molecule has 0 saturated heterocycles. The average molecular weight is 284 g/mol.